The topological polar surface area (TPSA) is 214 Å². The van der Waals surface area contributed by atoms with Crippen LogP contribution in [0.4, 0.5) is 0 Å². The fourth-order valence-electron chi connectivity index (χ4n) is 2.01. The Bertz CT molecular complexity index is 608. The number of carboxylic acid groups (broad SMARTS) is 1. The van der Waals surface area contributed by atoms with E-state index in [1.165, 1.54) is 11.8 Å². The van der Waals surface area contributed by atoms with Gasteiger partial charge >= 0.3 is 5.97 Å². The lowest BCUT2D eigenvalue weighted by molar-refractivity contribution is -0.143. The molecule has 0 aliphatic heterocycles. The highest BCUT2D eigenvalue weighted by molar-refractivity contribution is 7.98. The van der Waals surface area contributed by atoms with E-state index in [4.69, 9.17) is 16.6 Å². The van der Waals surface area contributed by atoms with Crippen LogP contribution >= 0.6 is 24.4 Å². The average molecular weight is 454 g/mol. The molecule has 14 heteroatoms. The number of primary amides is 1. The third kappa shape index (κ3) is 10.3. The Hall–Kier alpha value is -2.03. The number of aliphatic carboxylic acids is 1. The summed E-state index contributed by atoms with van der Waals surface area (Å²) >= 11 is 5.24. The van der Waals surface area contributed by atoms with Crippen LogP contribution in [-0.2, 0) is 24.0 Å². The van der Waals surface area contributed by atoms with Gasteiger partial charge in [0.1, 0.15) is 18.1 Å². The van der Waals surface area contributed by atoms with E-state index in [1.54, 1.807) is 6.26 Å². The molecule has 0 aromatic heterocycles. The molecule has 0 fully saturated rings. The first-order chi connectivity index (χ1) is 13.6. The van der Waals surface area contributed by atoms with Crippen LogP contribution in [0.5, 0.6) is 0 Å². The zero-order valence-corrected chi connectivity index (χ0v) is 17.5. The summed E-state index contributed by atoms with van der Waals surface area (Å²) in [4.78, 5) is 58.8. The van der Waals surface area contributed by atoms with Crippen molar-refractivity contribution in [1.82, 2.24) is 16.0 Å². The molecule has 0 saturated carbocycles. The number of carbonyl (C=O) groups excluding carboxylic acids is 4. The summed E-state index contributed by atoms with van der Waals surface area (Å²) in [6.07, 6.45) is 1.27. The van der Waals surface area contributed by atoms with E-state index in [2.05, 4.69) is 28.6 Å². The van der Waals surface area contributed by atoms with Gasteiger partial charge in [-0.15, -0.1) is 0 Å². The molecule has 0 spiro atoms. The molecule has 0 aliphatic rings. The van der Waals surface area contributed by atoms with E-state index in [9.17, 15) is 29.1 Å². The van der Waals surface area contributed by atoms with Crippen LogP contribution in [0, 0.1) is 0 Å². The number of thiol groups is 1. The predicted octanol–water partition coefficient (Wildman–Crippen LogP) is -3.60. The number of nitrogens with two attached hydrogens (primary N) is 2. The summed E-state index contributed by atoms with van der Waals surface area (Å²) in [5.74, 6) is -4.37. The number of rotatable bonds is 14. The SMILES string of the molecule is CSCCC(NC(=O)C(CO)NC(=O)C(N)CS)C(=O)NC(CC(N)=O)C(=O)O. The third-order valence-corrected chi connectivity index (χ3v) is 4.65. The van der Waals surface area contributed by atoms with Gasteiger partial charge in [-0.3, -0.25) is 19.2 Å². The predicted molar refractivity (Wildman–Crippen MR) is 109 cm³/mol. The quantitative estimate of drug-likeness (QED) is 0.122. The Labute approximate surface area is 177 Å². The molecule has 12 nitrogen and oxygen atoms in total. The fraction of sp³-hybridized carbons (Fsp3) is 0.667. The van der Waals surface area contributed by atoms with Crippen LogP contribution < -0.4 is 27.4 Å². The van der Waals surface area contributed by atoms with Crippen LogP contribution in [-0.4, -0.2) is 88.3 Å². The standard InChI is InChI=1S/C15H27N5O7S2/c1-29-3-2-8(13(24)19-9(15(26)27)4-11(17)22)18-14(25)10(5-21)20-12(23)7(16)6-28/h7-10,21,28H,2-6,16H2,1H3,(H2,17,22)(H,18,25)(H,19,24)(H,20,23)(H,26,27). The van der Waals surface area contributed by atoms with Crippen LogP contribution in [0.3, 0.4) is 0 Å². The van der Waals surface area contributed by atoms with Gasteiger partial charge in [0, 0.05) is 5.75 Å². The van der Waals surface area contributed by atoms with Gasteiger partial charge in [0.15, 0.2) is 0 Å². The maximum Gasteiger partial charge on any atom is 0.326 e. The molecular weight excluding hydrogens is 426 g/mol. The lowest BCUT2D eigenvalue weighted by Gasteiger charge is -2.24. The summed E-state index contributed by atoms with van der Waals surface area (Å²) in [7, 11) is 0. The molecule has 0 radical (unpaired) electrons. The summed E-state index contributed by atoms with van der Waals surface area (Å²) in [6, 6.07) is -5.11. The van der Waals surface area contributed by atoms with Crippen molar-refractivity contribution in [2.24, 2.45) is 11.5 Å². The van der Waals surface area contributed by atoms with E-state index in [1.807, 2.05) is 0 Å². The Morgan fingerprint density at radius 3 is 1.97 bits per heavy atom. The summed E-state index contributed by atoms with van der Waals surface area (Å²) in [5, 5.41) is 25.2. The van der Waals surface area contributed by atoms with E-state index < -0.39 is 66.8 Å². The van der Waals surface area contributed by atoms with E-state index in [-0.39, 0.29) is 12.2 Å². The van der Waals surface area contributed by atoms with Gasteiger partial charge in [-0.05, 0) is 18.4 Å². The van der Waals surface area contributed by atoms with Crippen molar-refractivity contribution in [1.29, 1.82) is 0 Å². The number of carboxylic acids is 1. The molecule has 9 N–H and O–H groups in total. The lowest BCUT2D eigenvalue weighted by Crippen LogP contribution is -2.58. The fourth-order valence-corrected chi connectivity index (χ4v) is 2.64. The van der Waals surface area contributed by atoms with Crippen molar-refractivity contribution in [3.05, 3.63) is 0 Å². The molecule has 4 amide bonds. The van der Waals surface area contributed by atoms with Gasteiger partial charge in [0.2, 0.25) is 23.6 Å². The zero-order valence-electron chi connectivity index (χ0n) is 15.8. The minimum Gasteiger partial charge on any atom is -0.480 e. The minimum absolute atomic E-state index is 0.0147. The molecule has 0 bridgehead atoms. The highest BCUT2D eigenvalue weighted by Crippen LogP contribution is 2.04. The highest BCUT2D eigenvalue weighted by Gasteiger charge is 2.30. The smallest absolute Gasteiger partial charge is 0.326 e. The monoisotopic (exact) mass is 453 g/mol. The van der Waals surface area contributed by atoms with Gasteiger partial charge in [-0.25, -0.2) is 4.79 Å². The Balaban J connectivity index is 5.21. The van der Waals surface area contributed by atoms with Gasteiger partial charge in [0.25, 0.3) is 0 Å². The van der Waals surface area contributed by atoms with Crippen molar-refractivity contribution in [3.63, 3.8) is 0 Å². The summed E-state index contributed by atoms with van der Waals surface area (Å²) in [5.41, 5.74) is 10.5. The van der Waals surface area contributed by atoms with Gasteiger partial charge in [-0.2, -0.15) is 24.4 Å². The van der Waals surface area contributed by atoms with Crippen molar-refractivity contribution in [2.75, 3.05) is 24.4 Å². The number of amides is 4. The second-order valence-corrected chi connectivity index (χ2v) is 7.30. The number of hydrogen-bond acceptors (Lipinski definition) is 9. The van der Waals surface area contributed by atoms with Crippen LogP contribution in [0.15, 0.2) is 0 Å². The summed E-state index contributed by atoms with van der Waals surface area (Å²) in [6.45, 7) is -0.757. The summed E-state index contributed by atoms with van der Waals surface area (Å²) < 4.78 is 0. The Kier molecular flexibility index (Phi) is 13.0. The second-order valence-electron chi connectivity index (χ2n) is 5.95. The minimum atomic E-state index is -1.56. The van der Waals surface area contributed by atoms with Crippen molar-refractivity contribution in [3.8, 4) is 0 Å². The van der Waals surface area contributed by atoms with E-state index >= 15 is 0 Å². The average Bonchev–Trinajstić information content (AvgIpc) is 2.66. The molecule has 29 heavy (non-hydrogen) atoms. The molecule has 0 aromatic carbocycles. The number of nitrogens with one attached hydrogen (secondary N) is 3. The molecule has 4 unspecified atom stereocenters. The number of hydrogen-bond donors (Lipinski definition) is 8. The lowest BCUT2D eigenvalue weighted by atomic mass is 10.1. The molecule has 166 valence electrons. The van der Waals surface area contributed by atoms with Crippen LogP contribution in [0.1, 0.15) is 12.8 Å². The first kappa shape index (κ1) is 27.0. The number of aliphatic hydroxyl groups is 1. The van der Waals surface area contributed by atoms with Crippen LogP contribution in [0.2, 0.25) is 0 Å². The largest absolute Gasteiger partial charge is 0.480 e. The Morgan fingerprint density at radius 2 is 1.52 bits per heavy atom. The van der Waals surface area contributed by atoms with Gasteiger partial charge in [0.05, 0.1) is 19.1 Å². The van der Waals surface area contributed by atoms with Gasteiger partial charge < -0.3 is 37.6 Å². The van der Waals surface area contributed by atoms with Crippen molar-refractivity contribution >= 4 is 54.0 Å². The maximum atomic E-state index is 12.4. The molecule has 4 atom stereocenters. The first-order valence-electron chi connectivity index (χ1n) is 8.45. The van der Waals surface area contributed by atoms with E-state index in [0.717, 1.165) is 0 Å². The molecule has 0 heterocycles. The maximum absolute atomic E-state index is 12.4. The second kappa shape index (κ2) is 14.0. The molecule has 0 aliphatic carbocycles. The molecule has 0 aromatic rings. The first-order valence-corrected chi connectivity index (χ1v) is 10.5. The zero-order chi connectivity index (χ0) is 22.6. The normalized spacial score (nSPS) is 14.8. The van der Waals surface area contributed by atoms with Crippen molar-refractivity contribution < 1.29 is 34.2 Å². The molecule has 0 rings (SSSR count). The molecule has 0 saturated heterocycles. The van der Waals surface area contributed by atoms with Crippen LogP contribution in [0.25, 0.3) is 0 Å². The Morgan fingerprint density at radius 1 is 1.00 bits per heavy atom. The van der Waals surface area contributed by atoms with Gasteiger partial charge in [-0.1, -0.05) is 0 Å². The highest BCUT2D eigenvalue weighted by atomic mass is 32.2. The number of thioether (sulfide) groups is 1. The number of carbonyl (C=O) groups is 5. The molecular formula is C15H27N5O7S2. The third-order valence-electron chi connectivity index (χ3n) is 3.61. The number of aliphatic hydroxyl groups excluding tert-OH is 1. The van der Waals surface area contributed by atoms with Crippen molar-refractivity contribution in [2.45, 2.75) is 37.0 Å². The van der Waals surface area contributed by atoms with E-state index in [0.29, 0.717) is 5.75 Å².